The zero-order chi connectivity index (χ0) is 21.3. The highest BCUT2D eigenvalue weighted by Crippen LogP contribution is 2.22. The van der Waals surface area contributed by atoms with Crippen LogP contribution in [0.25, 0.3) is 16.9 Å². The average Bonchev–Trinajstić information content (AvgIpc) is 3.12. The number of rotatable bonds is 6. The molecule has 9 heteroatoms. The molecule has 4 aromatic rings. The van der Waals surface area contributed by atoms with E-state index in [4.69, 9.17) is 5.14 Å². The zero-order valence-corrected chi connectivity index (χ0v) is 17.0. The second kappa shape index (κ2) is 7.85. The molecular weight excluding hydrogens is 405 g/mol. The molecule has 2 aromatic heterocycles. The van der Waals surface area contributed by atoms with Gasteiger partial charge in [0.25, 0.3) is 0 Å². The summed E-state index contributed by atoms with van der Waals surface area (Å²) in [5.74, 6) is 0.446. The molecule has 154 valence electrons. The molecule has 0 spiro atoms. The van der Waals surface area contributed by atoms with Gasteiger partial charge < -0.3 is 5.32 Å². The van der Waals surface area contributed by atoms with Gasteiger partial charge in [-0.15, -0.1) is 0 Å². The Balaban J connectivity index is 1.54. The lowest BCUT2D eigenvalue weighted by Crippen LogP contribution is -2.12. The normalized spacial score (nSPS) is 11.7. The van der Waals surface area contributed by atoms with Crippen molar-refractivity contribution in [2.24, 2.45) is 5.14 Å². The van der Waals surface area contributed by atoms with Crippen LogP contribution in [0.2, 0.25) is 0 Å². The summed E-state index contributed by atoms with van der Waals surface area (Å²) in [6.07, 6.45) is 0.672. The van der Waals surface area contributed by atoms with Crippen molar-refractivity contribution >= 4 is 21.5 Å². The van der Waals surface area contributed by atoms with Crippen LogP contribution in [-0.4, -0.2) is 29.6 Å². The van der Waals surface area contributed by atoms with Gasteiger partial charge in [0.15, 0.2) is 5.65 Å². The molecule has 0 bridgehead atoms. The molecule has 0 aliphatic rings. The van der Waals surface area contributed by atoms with Gasteiger partial charge in [-0.1, -0.05) is 24.3 Å². The SMILES string of the molecule is Cc1cc(NCCc2ccc(S(N)(=O)=O)cc2)n2nc(-c3cccc(F)c3)cc2n1. The second-order valence-electron chi connectivity index (χ2n) is 6.96. The third-order valence-corrected chi connectivity index (χ3v) is 5.58. The van der Waals surface area contributed by atoms with Gasteiger partial charge in [0, 0.05) is 29.9 Å². The van der Waals surface area contributed by atoms with Gasteiger partial charge in [-0.05, 0) is 43.2 Å². The van der Waals surface area contributed by atoms with Crippen LogP contribution >= 0.6 is 0 Å². The number of aromatic nitrogens is 3. The fourth-order valence-electron chi connectivity index (χ4n) is 3.20. The summed E-state index contributed by atoms with van der Waals surface area (Å²) < 4.78 is 38.0. The van der Waals surface area contributed by atoms with Crippen LogP contribution in [0.15, 0.2) is 65.6 Å². The number of halogens is 1. The van der Waals surface area contributed by atoms with Crippen molar-refractivity contribution in [1.82, 2.24) is 14.6 Å². The van der Waals surface area contributed by atoms with Crippen molar-refractivity contribution in [3.05, 3.63) is 77.7 Å². The Morgan fingerprint density at radius 1 is 1.10 bits per heavy atom. The minimum Gasteiger partial charge on any atom is -0.370 e. The third-order valence-electron chi connectivity index (χ3n) is 4.65. The van der Waals surface area contributed by atoms with Crippen LogP contribution in [0.1, 0.15) is 11.3 Å². The van der Waals surface area contributed by atoms with Gasteiger partial charge >= 0.3 is 0 Å². The molecule has 2 aromatic carbocycles. The molecule has 4 rings (SSSR count). The molecule has 0 aliphatic heterocycles. The Morgan fingerprint density at radius 2 is 1.87 bits per heavy atom. The zero-order valence-electron chi connectivity index (χ0n) is 16.2. The van der Waals surface area contributed by atoms with E-state index in [0.717, 1.165) is 17.1 Å². The van der Waals surface area contributed by atoms with E-state index in [1.54, 1.807) is 28.8 Å². The van der Waals surface area contributed by atoms with E-state index in [1.165, 1.54) is 24.3 Å². The van der Waals surface area contributed by atoms with Crippen molar-refractivity contribution in [1.29, 1.82) is 0 Å². The van der Waals surface area contributed by atoms with Crippen LogP contribution < -0.4 is 10.5 Å². The molecule has 30 heavy (non-hydrogen) atoms. The Labute approximate surface area is 173 Å². The maximum Gasteiger partial charge on any atom is 0.238 e. The van der Waals surface area contributed by atoms with E-state index in [2.05, 4.69) is 15.4 Å². The molecule has 0 saturated heterocycles. The van der Waals surface area contributed by atoms with Crippen molar-refractivity contribution in [2.75, 3.05) is 11.9 Å². The standard InChI is InChI=1S/C21H20FN5O2S/c1-14-11-20(24-10-9-15-5-7-18(8-6-15)30(23,28)29)27-21(25-14)13-19(26-27)16-3-2-4-17(22)12-16/h2-8,11-13,24H,9-10H2,1H3,(H2,23,28,29). The number of hydrogen-bond acceptors (Lipinski definition) is 5. The third kappa shape index (κ3) is 4.32. The van der Waals surface area contributed by atoms with Gasteiger partial charge in [0.1, 0.15) is 11.6 Å². The van der Waals surface area contributed by atoms with Crippen LogP contribution in [-0.2, 0) is 16.4 Å². The fraction of sp³-hybridized carbons (Fsp3) is 0.143. The highest BCUT2D eigenvalue weighted by Gasteiger charge is 2.11. The van der Waals surface area contributed by atoms with Gasteiger partial charge in [0.2, 0.25) is 10.0 Å². The summed E-state index contributed by atoms with van der Waals surface area (Å²) >= 11 is 0. The number of nitrogens with two attached hydrogens (primary N) is 1. The highest BCUT2D eigenvalue weighted by molar-refractivity contribution is 7.89. The van der Waals surface area contributed by atoms with E-state index >= 15 is 0 Å². The van der Waals surface area contributed by atoms with Gasteiger partial charge in [-0.3, -0.25) is 0 Å². The average molecular weight is 425 g/mol. The van der Waals surface area contributed by atoms with Crippen molar-refractivity contribution in [3.8, 4) is 11.3 Å². The predicted octanol–water partition coefficient (Wildman–Crippen LogP) is 3.15. The molecule has 3 N–H and O–H groups in total. The van der Waals surface area contributed by atoms with E-state index in [0.29, 0.717) is 29.9 Å². The molecule has 2 heterocycles. The van der Waals surface area contributed by atoms with E-state index in [-0.39, 0.29) is 10.7 Å². The van der Waals surface area contributed by atoms with E-state index in [9.17, 15) is 12.8 Å². The molecule has 0 amide bonds. The van der Waals surface area contributed by atoms with Crippen molar-refractivity contribution in [3.63, 3.8) is 0 Å². The first-order valence-corrected chi connectivity index (χ1v) is 10.8. The van der Waals surface area contributed by atoms with Crippen LogP contribution in [0.3, 0.4) is 0 Å². The number of benzene rings is 2. The highest BCUT2D eigenvalue weighted by atomic mass is 32.2. The van der Waals surface area contributed by atoms with Gasteiger partial charge in [-0.25, -0.2) is 22.9 Å². The number of sulfonamides is 1. The molecule has 0 unspecified atom stereocenters. The second-order valence-corrected chi connectivity index (χ2v) is 8.52. The summed E-state index contributed by atoms with van der Waals surface area (Å²) in [5, 5.41) is 13.0. The lowest BCUT2D eigenvalue weighted by molar-refractivity contribution is 0.597. The summed E-state index contributed by atoms with van der Waals surface area (Å²) in [7, 11) is -3.69. The smallest absolute Gasteiger partial charge is 0.238 e. The Bertz CT molecular complexity index is 1320. The summed E-state index contributed by atoms with van der Waals surface area (Å²) in [6, 6.07) is 16.5. The summed E-state index contributed by atoms with van der Waals surface area (Å²) in [5.41, 5.74) is 3.77. The number of fused-ring (bicyclic) bond motifs is 1. The molecule has 0 aliphatic carbocycles. The summed E-state index contributed by atoms with van der Waals surface area (Å²) in [4.78, 5) is 4.59. The number of hydrogen-bond donors (Lipinski definition) is 2. The monoisotopic (exact) mass is 425 g/mol. The van der Waals surface area contributed by atoms with Crippen LogP contribution in [0.4, 0.5) is 10.2 Å². The lowest BCUT2D eigenvalue weighted by Gasteiger charge is -2.09. The van der Waals surface area contributed by atoms with Crippen molar-refractivity contribution < 1.29 is 12.8 Å². The van der Waals surface area contributed by atoms with Crippen LogP contribution in [0.5, 0.6) is 0 Å². The van der Waals surface area contributed by atoms with Crippen molar-refractivity contribution in [2.45, 2.75) is 18.2 Å². The van der Waals surface area contributed by atoms with Crippen LogP contribution in [0, 0.1) is 12.7 Å². The molecular formula is C21H20FN5O2S. The Kier molecular flexibility index (Phi) is 5.23. The predicted molar refractivity (Wildman–Crippen MR) is 113 cm³/mol. The lowest BCUT2D eigenvalue weighted by atomic mass is 10.1. The fourth-order valence-corrected chi connectivity index (χ4v) is 3.71. The maximum atomic E-state index is 13.6. The molecule has 7 nitrogen and oxygen atoms in total. The number of anilines is 1. The number of aryl methyl sites for hydroxylation is 1. The van der Waals surface area contributed by atoms with E-state index in [1.807, 2.05) is 19.1 Å². The first-order valence-electron chi connectivity index (χ1n) is 9.28. The molecule has 0 fully saturated rings. The minimum absolute atomic E-state index is 0.0899. The Hall–Kier alpha value is -3.30. The molecule has 0 atom stereocenters. The van der Waals surface area contributed by atoms with E-state index < -0.39 is 10.0 Å². The molecule has 0 saturated carbocycles. The minimum atomic E-state index is -3.69. The summed E-state index contributed by atoms with van der Waals surface area (Å²) in [6.45, 7) is 2.49. The Morgan fingerprint density at radius 3 is 2.57 bits per heavy atom. The number of primary sulfonamides is 1. The maximum absolute atomic E-state index is 13.6. The topological polar surface area (TPSA) is 102 Å². The first-order chi connectivity index (χ1) is 14.3. The molecule has 0 radical (unpaired) electrons. The largest absolute Gasteiger partial charge is 0.370 e. The quantitative estimate of drug-likeness (QED) is 0.494. The number of nitrogens with zero attached hydrogens (tertiary/aromatic N) is 3. The van der Waals surface area contributed by atoms with Gasteiger partial charge in [-0.2, -0.15) is 9.61 Å². The first kappa shape index (κ1) is 20.0. The van der Waals surface area contributed by atoms with Gasteiger partial charge in [0.05, 0.1) is 10.6 Å². The number of nitrogens with one attached hydrogen (secondary N) is 1.